The SMILES string of the molecule is CCCCCCCCCCCCCCCC[C@]12CCC3=C(CCc4cc(OC)ccc43)[C@@H]1CCC2=O. The Morgan fingerprint density at radius 3 is 2.08 bits per heavy atom. The van der Waals surface area contributed by atoms with E-state index in [9.17, 15) is 4.79 Å². The maximum absolute atomic E-state index is 13.3. The molecule has 36 heavy (non-hydrogen) atoms. The van der Waals surface area contributed by atoms with Crippen LogP contribution < -0.4 is 4.74 Å². The summed E-state index contributed by atoms with van der Waals surface area (Å²) < 4.78 is 5.47. The van der Waals surface area contributed by atoms with Crippen molar-refractivity contribution in [1.82, 2.24) is 0 Å². The predicted octanol–water partition coefficient (Wildman–Crippen LogP) is 10.0. The van der Waals surface area contributed by atoms with Crippen LogP contribution in [0.25, 0.3) is 5.57 Å². The van der Waals surface area contributed by atoms with Crippen LogP contribution in [0.2, 0.25) is 0 Å². The highest BCUT2D eigenvalue weighted by Gasteiger charge is 2.52. The highest BCUT2D eigenvalue weighted by Crippen LogP contribution is 2.58. The number of ketones is 1. The van der Waals surface area contributed by atoms with Crippen molar-refractivity contribution in [2.75, 3.05) is 7.11 Å². The third-order valence-corrected chi connectivity index (χ3v) is 9.79. The van der Waals surface area contributed by atoms with Crippen LogP contribution in [0.4, 0.5) is 0 Å². The van der Waals surface area contributed by atoms with Crippen LogP contribution in [0.15, 0.2) is 23.8 Å². The zero-order chi connectivity index (χ0) is 25.2. The van der Waals surface area contributed by atoms with E-state index < -0.39 is 0 Å². The Kier molecular flexibility index (Phi) is 10.5. The number of ether oxygens (including phenoxy) is 1. The Morgan fingerprint density at radius 1 is 0.806 bits per heavy atom. The van der Waals surface area contributed by atoms with Crippen LogP contribution in [0.1, 0.15) is 146 Å². The van der Waals surface area contributed by atoms with E-state index in [1.165, 1.54) is 101 Å². The monoisotopic (exact) mass is 492 g/mol. The molecule has 0 N–H and O–H groups in total. The summed E-state index contributed by atoms with van der Waals surface area (Å²) in [5.74, 6) is 2.08. The number of allylic oxidation sites excluding steroid dienone is 2. The number of hydrogen-bond acceptors (Lipinski definition) is 2. The number of Topliss-reactive ketones (excluding diaryl/α,β-unsaturated/α-hetero) is 1. The molecule has 0 radical (unpaired) electrons. The summed E-state index contributed by atoms with van der Waals surface area (Å²) in [7, 11) is 1.76. The second-order valence-electron chi connectivity index (χ2n) is 12.0. The van der Waals surface area contributed by atoms with Gasteiger partial charge in [0.25, 0.3) is 0 Å². The second-order valence-corrected chi connectivity index (χ2v) is 12.0. The third-order valence-electron chi connectivity index (χ3n) is 9.79. The molecule has 2 heteroatoms. The van der Waals surface area contributed by atoms with Gasteiger partial charge in [-0.15, -0.1) is 0 Å². The fourth-order valence-corrected chi connectivity index (χ4v) is 7.71. The normalized spacial score (nSPS) is 22.9. The Bertz CT molecular complexity index is 881. The summed E-state index contributed by atoms with van der Waals surface area (Å²) >= 11 is 0. The quantitative estimate of drug-likeness (QED) is 0.215. The smallest absolute Gasteiger partial charge is 0.139 e. The first kappa shape index (κ1) is 27.5. The van der Waals surface area contributed by atoms with Gasteiger partial charge in [0.05, 0.1) is 7.11 Å². The molecule has 0 saturated heterocycles. The molecule has 0 aliphatic heterocycles. The molecule has 0 aromatic heterocycles. The first-order valence-electron chi connectivity index (χ1n) is 15.6. The van der Waals surface area contributed by atoms with E-state index in [4.69, 9.17) is 4.74 Å². The lowest BCUT2D eigenvalue weighted by Crippen LogP contribution is -2.37. The van der Waals surface area contributed by atoms with E-state index in [-0.39, 0.29) is 5.41 Å². The van der Waals surface area contributed by atoms with Gasteiger partial charge < -0.3 is 4.74 Å². The number of benzene rings is 1. The fraction of sp³-hybridized carbons (Fsp3) is 0.735. The molecule has 200 valence electrons. The molecule has 0 amide bonds. The lowest BCUT2D eigenvalue weighted by Gasteiger charge is -2.43. The highest BCUT2D eigenvalue weighted by molar-refractivity contribution is 5.90. The summed E-state index contributed by atoms with van der Waals surface area (Å²) in [6.07, 6.45) is 27.0. The Morgan fingerprint density at radius 2 is 1.44 bits per heavy atom. The Hall–Kier alpha value is -1.57. The molecule has 3 aliphatic carbocycles. The van der Waals surface area contributed by atoms with Crippen molar-refractivity contribution in [1.29, 1.82) is 0 Å². The first-order valence-corrected chi connectivity index (χ1v) is 15.6. The number of methoxy groups -OCH3 is 1. The summed E-state index contributed by atoms with van der Waals surface area (Å²) in [5, 5.41) is 0. The van der Waals surface area contributed by atoms with Crippen LogP contribution in [-0.4, -0.2) is 12.9 Å². The maximum atomic E-state index is 13.3. The standard InChI is InChI=1S/C34H52O2/c1-3-4-5-6-7-8-9-10-11-12-13-14-15-16-24-34-25-23-30-29-20-18-28(36-2)26-27(29)17-19-31(30)32(34)21-22-33(34)35/h18,20,26,32H,3-17,19,21-25H2,1-2H3/t32-,34-/m0/s1. The number of aryl methyl sites for hydroxylation is 1. The lowest BCUT2D eigenvalue weighted by molar-refractivity contribution is -0.128. The molecule has 0 heterocycles. The van der Waals surface area contributed by atoms with Crippen molar-refractivity contribution < 1.29 is 9.53 Å². The average Bonchev–Trinajstić information content (AvgIpc) is 3.24. The van der Waals surface area contributed by atoms with E-state index in [0.717, 1.165) is 50.7 Å². The third kappa shape index (κ3) is 6.46. The minimum absolute atomic E-state index is 0.0278. The van der Waals surface area contributed by atoms with Gasteiger partial charge in [-0.3, -0.25) is 4.79 Å². The van der Waals surface area contributed by atoms with Crippen molar-refractivity contribution in [2.45, 2.75) is 142 Å². The van der Waals surface area contributed by atoms with Gasteiger partial charge in [-0.2, -0.15) is 0 Å². The molecule has 3 aliphatic rings. The molecular weight excluding hydrogens is 440 g/mol. The van der Waals surface area contributed by atoms with E-state index in [2.05, 4.69) is 25.1 Å². The highest BCUT2D eigenvalue weighted by atomic mass is 16.5. The molecule has 1 aromatic rings. The predicted molar refractivity (Wildman–Crippen MR) is 153 cm³/mol. The van der Waals surface area contributed by atoms with Gasteiger partial charge in [0.15, 0.2) is 0 Å². The summed E-state index contributed by atoms with van der Waals surface area (Å²) in [6, 6.07) is 6.63. The fourth-order valence-electron chi connectivity index (χ4n) is 7.71. The van der Waals surface area contributed by atoms with Gasteiger partial charge in [-0.05, 0) is 73.3 Å². The molecule has 4 rings (SSSR count). The van der Waals surface area contributed by atoms with Crippen molar-refractivity contribution >= 4 is 11.4 Å². The number of carbonyl (C=O) groups excluding carboxylic acids is 1. The molecule has 1 fully saturated rings. The van der Waals surface area contributed by atoms with Crippen LogP contribution in [0.5, 0.6) is 5.75 Å². The van der Waals surface area contributed by atoms with Crippen LogP contribution >= 0.6 is 0 Å². The van der Waals surface area contributed by atoms with Crippen molar-refractivity contribution in [3.63, 3.8) is 0 Å². The van der Waals surface area contributed by atoms with E-state index >= 15 is 0 Å². The van der Waals surface area contributed by atoms with Crippen LogP contribution in [-0.2, 0) is 11.2 Å². The van der Waals surface area contributed by atoms with Crippen molar-refractivity contribution in [2.24, 2.45) is 11.3 Å². The van der Waals surface area contributed by atoms with Crippen LogP contribution in [0, 0.1) is 11.3 Å². The van der Waals surface area contributed by atoms with Gasteiger partial charge in [0.1, 0.15) is 11.5 Å². The number of fused-ring (bicyclic) bond motifs is 4. The van der Waals surface area contributed by atoms with Crippen molar-refractivity contribution in [3.05, 3.63) is 34.9 Å². The topological polar surface area (TPSA) is 26.3 Å². The molecular formula is C34H52O2. The van der Waals surface area contributed by atoms with Crippen LogP contribution in [0.3, 0.4) is 0 Å². The number of hydrogen-bond donors (Lipinski definition) is 0. The molecule has 0 spiro atoms. The Balaban J connectivity index is 1.18. The second kappa shape index (κ2) is 13.8. The van der Waals surface area contributed by atoms with Crippen molar-refractivity contribution in [3.8, 4) is 5.75 Å². The Labute approximate surface area is 221 Å². The first-order chi connectivity index (χ1) is 17.7. The summed E-state index contributed by atoms with van der Waals surface area (Å²) in [5.41, 5.74) is 6.09. The minimum Gasteiger partial charge on any atom is -0.497 e. The van der Waals surface area contributed by atoms with E-state index in [1.807, 2.05) is 0 Å². The summed E-state index contributed by atoms with van der Waals surface area (Å²) in [4.78, 5) is 13.3. The lowest BCUT2D eigenvalue weighted by atomic mass is 9.60. The van der Waals surface area contributed by atoms with Gasteiger partial charge in [-0.1, -0.05) is 108 Å². The number of rotatable bonds is 16. The molecule has 1 saturated carbocycles. The van der Waals surface area contributed by atoms with Gasteiger partial charge >= 0.3 is 0 Å². The number of unbranched alkanes of at least 4 members (excludes halogenated alkanes) is 13. The maximum Gasteiger partial charge on any atom is 0.139 e. The molecule has 0 unspecified atom stereocenters. The molecule has 0 bridgehead atoms. The molecule has 2 atom stereocenters. The minimum atomic E-state index is -0.0278. The zero-order valence-electron chi connectivity index (χ0n) is 23.5. The largest absolute Gasteiger partial charge is 0.497 e. The molecule has 2 nitrogen and oxygen atoms in total. The molecule has 1 aromatic carbocycles. The van der Waals surface area contributed by atoms with E-state index in [0.29, 0.717) is 11.7 Å². The zero-order valence-corrected chi connectivity index (χ0v) is 23.5. The summed E-state index contributed by atoms with van der Waals surface area (Å²) in [6.45, 7) is 2.29. The number of carbonyl (C=O) groups is 1. The average molecular weight is 493 g/mol. The van der Waals surface area contributed by atoms with Gasteiger partial charge in [0.2, 0.25) is 0 Å². The van der Waals surface area contributed by atoms with E-state index in [1.54, 1.807) is 18.3 Å². The van der Waals surface area contributed by atoms with Gasteiger partial charge in [-0.25, -0.2) is 0 Å². The van der Waals surface area contributed by atoms with Gasteiger partial charge in [0, 0.05) is 11.8 Å².